The third-order valence-electron chi connectivity index (χ3n) is 2.15. The predicted molar refractivity (Wildman–Crippen MR) is 72.6 cm³/mol. The highest BCUT2D eigenvalue weighted by Crippen LogP contribution is 2.24. The van der Waals surface area contributed by atoms with E-state index in [0.717, 1.165) is 44.0 Å². The standard InChI is InChI=1S/C11H20BNO4S/c1-2-7-16-8-3-6-13-9-10-4-5-11(18-10)17-12(14)15/h4-5,13-15H,2-3,6-9H2,1H3. The summed E-state index contributed by atoms with van der Waals surface area (Å²) in [5, 5.41) is 21.1. The molecule has 0 aliphatic heterocycles. The number of rotatable bonds is 10. The van der Waals surface area contributed by atoms with Gasteiger partial charge in [-0.15, -0.1) is 11.3 Å². The molecule has 0 unspecified atom stereocenters. The van der Waals surface area contributed by atoms with E-state index in [-0.39, 0.29) is 0 Å². The van der Waals surface area contributed by atoms with E-state index in [1.165, 1.54) is 11.3 Å². The second kappa shape index (κ2) is 9.35. The fourth-order valence-corrected chi connectivity index (χ4v) is 2.22. The van der Waals surface area contributed by atoms with Crippen molar-refractivity contribution in [2.45, 2.75) is 26.3 Å². The number of hydrogen-bond donors (Lipinski definition) is 3. The molecule has 0 saturated carbocycles. The van der Waals surface area contributed by atoms with Crippen LogP contribution < -0.4 is 9.97 Å². The molecule has 1 aromatic heterocycles. The third-order valence-corrected chi connectivity index (χ3v) is 3.12. The number of hydrogen-bond acceptors (Lipinski definition) is 6. The fraction of sp³-hybridized carbons (Fsp3) is 0.636. The highest BCUT2D eigenvalue weighted by Gasteiger charge is 2.12. The maximum Gasteiger partial charge on any atom is 0.708 e. The largest absolute Gasteiger partial charge is 0.708 e. The Kier molecular flexibility index (Phi) is 8.03. The zero-order valence-corrected chi connectivity index (χ0v) is 11.4. The van der Waals surface area contributed by atoms with E-state index in [2.05, 4.69) is 12.2 Å². The van der Waals surface area contributed by atoms with Gasteiger partial charge in [-0.05, 0) is 31.5 Å². The van der Waals surface area contributed by atoms with E-state index >= 15 is 0 Å². The van der Waals surface area contributed by atoms with Crippen LogP contribution >= 0.6 is 11.3 Å². The number of ether oxygens (including phenoxy) is 1. The zero-order chi connectivity index (χ0) is 13.2. The average Bonchev–Trinajstić information content (AvgIpc) is 2.75. The zero-order valence-electron chi connectivity index (χ0n) is 10.6. The van der Waals surface area contributed by atoms with Crippen LogP contribution in [0.4, 0.5) is 0 Å². The molecule has 0 spiro atoms. The Morgan fingerprint density at radius 3 is 2.89 bits per heavy atom. The first-order valence-corrected chi connectivity index (χ1v) is 6.94. The molecular weight excluding hydrogens is 253 g/mol. The predicted octanol–water partition coefficient (Wildman–Crippen LogP) is 1.00. The molecule has 102 valence electrons. The second-order valence-corrected chi connectivity index (χ2v) is 4.94. The van der Waals surface area contributed by atoms with Crippen molar-refractivity contribution in [1.82, 2.24) is 5.32 Å². The molecule has 0 aliphatic rings. The van der Waals surface area contributed by atoms with Crippen LogP contribution in [0.5, 0.6) is 5.06 Å². The van der Waals surface area contributed by atoms with E-state index in [4.69, 9.17) is 19.4 Å². The summed E-state index contributed by atoms with van der Waals surface area (Å²) in [5.74, 6) is 0. The molecule has 0 atom stereocenters. The molecule has 7 heteroatoms. The number of nitrogens with one attached hydrogen (secondary N) is 1. The third kappa shape index (κ3) is 6.98. The molecule has 18 heavy (non-hydrogen) atoms. The molecular formula is C11H20BNO4S. The summed E-state index contributed by atoms with van der Waals surface area (Å²) in [4.78, 5) is 1.10. The molecule has 1 rings (SSSR count). The first-order chi connectivity index (χ1) is 8.72. The molecule has 0 aliphatic carbocycles. The van der Waals surface area contributed by atoms with Crippen molar-refractivity contribution in [2.24, 2.45) is 0 Å². The van der Waals surface area contributed by atoms with Crippen molar-refractivity contribution in [1.29, 1.82) is 0 Å². The van der Waals surface area contributed by atoms with E-state index in [1.807, 2.05) is 6.07 Å². The van der Waals surface area contributed by atoms with E-state index in [1.54, 1.807) is 6.07 Å². The molecule has 1 heterocycles. The summed E-state index contributed by atoms with van der Waals surface area (Å²) in [5.41, 5.74) is 0. The Morgan fingerprint density at radius 2 is 2.17 bits per heavy atom. The van der Waals surface area contributed by atoms with Gasteiger partial charge in [-0.2, -0.15) is 0 Å². The van der Waals surface area contributed by atoms with E-state index < -0.39 is 7.32 Å². The highest BCUT2D eigenvalue weighted by molar-refractivity contribution is 7.14. The molecule has 1 aromatic rings. The van der Waals surface area contributed by atoms with Crippen LogP contribution in [0.15, 0.2) is 12.1 Å². The van der Waals surface area contributed by atoms with Gasteiger partial charge in [-0.1, -0.05) is 6.92 Å². The van der Waals surface area contributed by atoms with Crippen LogP contribution in [0.1, 0.15) is 24.6 Å². The average molecular weight is 273 g/mol. The summed E-state index contributed by atoms with van der Waals surface area (Å²) in [6.45, 7) is 5.37. The minimum absolute atomic E-state index is 0.507. The lowest BCUT2D eigenvalue weighted by atomic mass is 10.3. The van der Waals surface area contributed by atoms with Crippen LogP contribution in [-0.2, 0) is 11.3 Å². The first kappa shape index (κ1) is 15.5. The van der Waals surface area contributed by atoms with Crippen molar-refractivity contribution in [3.8, 4) is 5.06 Å². The maximum absolute atomic E-state index is 8.64. The van der Waals surface area contributed by atoms with Crippen molar-refractivity contribution >= 4 is 18.7 Å². The Morgan fingerprint density at radius 1 is 1.33 bits per heavy atom. The topological polar surface area (TPSA) is 71.0 Å². The van der Waals surface area contributed by atoms with Crippen LogP contribution in [0.3, 0.4) is 0 Å². The molecule has 0 radical (unpaired) electrons. The normalized spacial score (nSPS) is 10.6. The van der Waals surface area contributed by atoms with E-state index in [0.29, 0.717) is 5.06 Å². The van der Waals surface area contributed by atoms with Gasteiger partial charge in [0.15, 0.2) is 5.06 Å². The summed E-state index contributed by atoms with van der Waals surface area (Å²) >= 11 is 1.40. The van der Waals surface area contributed by atoms with Gasteiger partial charge >= 0.3 is 7.32 Å². The van der Waals surface area contributed by atoms with Crippen molar-refractivity contribution in [3.05, 3.63) is 17.0 Å². The Balaban J connectivity index is 2.06. The molecule has 0 aromatic carbocycles. The minimum Gasteiger partial charge on any atom is -0.504 e. The second-order valence-electron chi connectivity index (χ2n) is 3.81. The Labute approximate surface area is 112 Å². The van der Waals surface area contributed by atoms with Crippen LogP contribution in [0, 0.1) is 0 Å². The first-order valence-electron chi connectivity index (χ1n) is 6.12. The van der Waals surface area contributed by atoms with Gasteiger partial charge < -0.3 is 24.8 Å². The summed E-state index contributed by atoms with van der Waals surface area (Å²) in [7, 11) is -1.75. The van der Waals surface area contributed by atoms with Crippen molar-refractivity contribution in [2.75, 3.05) is 19.8 Å². The molecule has 3 N–H and O–H groups in total. The molecule has 0 amide bonds. The lowest BCUT2D eigenvalue weighted by Gasteiger charge is -2.04. The van der Waals surface area contributed by atoms with Gasteiger partial charge in [0.2, 0.25) is 0 Å². The van der Waals surface area contributed by atoms with E-state index in [9.17, 15) is 0 Å². The Hall–Kier alpha value is -0.595. The van der Waals surface area contributed by atoms with Gasteiger partial charge in [0.05, 0.1) is 0 Å². The lowest BCUT2D eigenvalue weighted by molar-refractivity contribution is 0.132. The van der Waals surface area contributed by atoms with Crippen molar-refractivity contribution in [3.63, 3.8) is 0 Å². The number of thiophene rings is 1. The van der Waals surface area contributed by atoms with Crippen LogP contribution in [-0.4, -0.2) is 37.1 Å². The molecule has 0 fully saturated rings. The van der Waals surface area contributed by atoms with Crippen molar-refractivity contribution < 1.29 is 19.4 Å². The summed E-state index contributed by atoms with van der Waals surface area (Å²) in [6, 6.07) is 3.63. The monoisotopic (exact) mass is 273 g/mol. The van der Waals surface area contributed by atoms with Gasteiger partial charge in [-0.3, -0.25) is 0 Å². The molecule has 5 nitrogen and oxygen atoms in total. The van der Waals surface area contributed by atoms with Gasteiger partial charge in [-0.25, -0.2) is 0 Å². The quantitative estimate of drug-likeness (QED) is 0.438. The molecule has 0 saturated heterocycles. The minimum atomic E-state index is -1.75. The van der Waals surface area contributed by atoms with Gasteiger partial charge in [0.25, 0.3) is 0 Å². The lowest BCUT2D eigenvalue weighted by Crippen LogP contribution is -2.19. The smallest absolute Gasteiger partial charge is 0.504 e. The highest BCUT2D eigenvalue weighted by atomic mass is 32.1. The van der Waals surface area contributed by atoms with Gasteiger partial charge in [0, 0.05) is 24.6 Å². The molecule has 0 bridgehead atoms. The Bertz CT molecular complexity index is 322. The van der Waals surface area contributed by atoms with Crippen LogP contribution in [0.2, 0.25) is 0 Å². The summed E-state index contributed by atoms with van der Waals surface area (Å²) < 4.78 is 10.1. The van der Waals surface area contributed by atoms with Crippen LogP contribution in [0.25, 0.3) is 0 Å². The summed E-state index contributed by atoms with van der Waals surface area (Å²) in [6.07, 6.45) is 2.05. The van der Waals surface area contributed by atoms with Gasteiger partial charge in [0.1, 0.15) is 0 Å². The SMILES string of the molecule is CCCOCCCNCc1ccc(OB(O)O)s1. The fourth-order valence-electron chi connectivity index (χ4n) is 1.38. The maximum atomic E-state index is 8.64.